The summed E-state index contributed by atoms with van der Waals surface area (Å²) in [5.74, 6) is 0.182. The number of allylic oxidation sites excluding steroid dienone is 2. The lowest BCUT2D eigenvalue weighted by atomic mass is 10.1. The van der Waals surface area contributed by atoms with Crippen LogP contribution in [-0.2, 0) is 11.2 Å². The molecule has 1 aliphatic carbocycles. The second-order valence-corrected chi connectivity index (χ2v) is 8.11. The van der Waals surface area contributed by atoms with E-state index in [0.717, 1.165) is 0 Å². The molecule has 1 aromatic heterocycles. The fraction of sp³-hybridized carbons (Fsp3) is 0.286. The van der Waals surface area contributed by atoms with Crippen molar-refractivity contribution in [3.8, 4) is 17.1 Å². The molecule has 2 aromatic rings. The minimum atomic E-state index is -0.368. The van der Waals surface area contributed by atoms with Gasteiger partial charge in [-0.2, -0.15) is 0 Å². The van der Waals surface area contributed by atoms with Crippen LogP contribution < -0.4 is 4.74 Å². The van der Waals surface area contributed by atoms with E-state index < -0.39 is 0 Å². The molecule has 0 saturated heterocycles. The van der Waals surface area contributed by atoms with E-state index in [1.54, 1.807) is 30.4 Å². The average Bonchev–Trinajstić information content (AvgIpc) is 2.92. The Balaban J connectivity index is 1.84. The van der Waals surface area contributed by atoms with Crippen LogP contribution in [0.1, 0.15) is 19.6 Å². The number of carbonyl (C=O) groups is 1. The summed E-state index contributed by atoms with van der Waals surface area (Å²) in [5, 5.41) is 0. The average molecular weight is 409 g/mol. The summed E-state index contributed by atoms with van der Waals surface area (Å²) in [6.07, 6.45) is 3.72. The van der Waals surface area contributed by atoms with Crippen LogP contribution >= 0.6 is 23.2 Å². The smallest absolute Gasteiger partial charge is 0.315 e. The van der Waals surface area contributed by atoms with Crippen LogP contribution in [0.5, 0.6) is 5.75 Å². The van der Waals surface area contributed by atoms with Gasteiger partial charge < -0.3 is 9.15 Å². The van der Waals surface area contributed by atoms with E-state index in [-0.39, 0.29) is 33.5 Å². The van der Waals surface area contributed by atoms with Crippen LogP contribution in [0, 0.1) is 23.1 Å². The Hall–Kier alpha value is -2.04. The molecular weight excluding hydrogens is 390 g/mol. The van der Waals surface area contributed by atoms with Gasteiger partial charge in [-0.15, -0.1) is 6.58 Å². The third-order valence-corrected chi connectivity index (χ3v) is 5.16. The summed E-state index contributed by atoms with van der Waals surface area (Å²) in [5.41, 5.74) is 0.402. The highest BCUT2D eigenvalue weighted by molar-refractivity contribution is 6.55. The highest BCUT2D eigenvalue weighted by Crippen LogP contribution is 2.60. The number of carbonyl (C=O) groups excluding carboxylic acids is 1. The van der Waals surface area contributed by atoms with E-state index in [1.165, 1.54) is 12.1 Å². The summed E-state index contributed by atoms with van der Waals surface area (Å²) in [6, 6.07) is 7.53. The first-order chi connectivity index (χ1) is 12.7. The molecule has 27 heavy (non-hydrogen) atoms. The SMILES string of the molecule is C=CCc1oc(-c2ccc(F)cc2)cc1OC(=O)C1C(C=C(Cl)Cl)C1(C)C. The number of halogens is 3. The first-order valence-corrected chi connectivity index (χ1v) is 9.23. The molecule has 1 aliphatic rings. The van der Waals surface area contributed by atoms with Gasteiger partial charge in [0, 0.05) is 18.1 Å². The fourth-order valence-corrected chi connectivity index (χ4v) is 3.55. The third-order valence-electron chi connectivity index (χ3n) is 4.91. The van der Waals surface area contributed by atoms with Gasteiger partial charge in [0.15, 0.2) is 11.5 Å². The van der Waals surface area contributed by atoms with Gasteiger partial charge in [0.25, 0.3) is 0 Å². The Kier molecular flexibility index (Phi) is 5.50. The van der Waals surface area contributed by atoms with E-state index in [0.29, 0.717) is 29.3 Å². The number of hydrogen-bond acceptors (Lipinski definition) is 3. The molecule has 0 bridgehead atoms. The van der Waals surface area contributed by atoms with Gasteiger partial charge in [-0.25, -0.2) is 4.39 Å². The molecule has 2 atom stereocenters. The van der Waals surface area contributed by atoms with Crippen LogP contribution in [0.3, 0.4) is 0 Å². The third kappa shape index (κ3) is 4.12. The maximum Gasteiger partial charge on any atom is 0.315 e. The molecular formula is C21H19Cl2FO3. The van der Waals surface area contributed by atoms with Crippen molar-refractivity contribution >= 4 is 29.2 Å². The summed E-state index contributed by atoms with van der Waals surface area (Å²) >= 11 is 11.5. The molecule has 3 rings (SSSR count). The summed E-state index contributed by atoms with van der Waals surface area (Å²) in [4.78, 5) is 12.7. The van der Waals surface area contributed by atoms with Gasteiger partial charge in [-0.1, -0.05) is 43.1 Å². The number of ether oxygens (including phenoxy) is 1. The molecule has 6 heteroatoms. The van der Waals surface area contributed by atoms with Crippen molar-refractivity contribution in [3.63, 3.8) is 0 Å². The molecule has 0 radical (unpaired) electrons. The number of esters is 1. The minimum Gasteiger partial charge on any atom is -0.457 e. The van der Waals surface area contributed by atoms with Crippen LogP contribution in [0.15, 0.2) is 58.0 Å². The van der Waals surface area contributed by atoms with Crippen LogP contribution in [0.2, 0.25) is 0 Å². The Bertz CT molecular complexity index is 893. The molecule has 1 saturated carbocycles. The van der Waals surface area contributed by atoms with Gasteiger partial charge in [-0.3, -0.25) is 4.79 Å². The van der Waals surface area contributed by atoms with Gasteiger partial charge >= 0.3 is 5.97 Å². The summed E-state index contributed by atoms with van der Waals surface area (Å²) < 4.78 is 24.7. The summed E-state index contributed by atoms with van der Waals surface area (Å²) in [6.45, 7) is 7.62. The van der Waals surface area contributed by atoms with Crippen molar-refractivity contribution < 1.29 is 18.3 Å². The number of rotatable bonds is 6. The zero-order valence-electron chi connectivity index (χ0n) is 15.0. The largest absolute Gasteiger partial charge is 0.457 e. The quantitative estimate of drug-likeness (QED) is 0.415. The monoisotopic (exact) mass is 408 g/mol. The van der Waals surface area contributed by atoms with Crippen molar-refractivity contribution in [2.24, 2.45) is 17.3 Å². The molecule has 142 valence electrons. The molecule has 1 fully saturated rings. The van der Waals surface area contributed by atoms with Gasteiger partial charge in [0.1, 0.15) is 16.1 Å². The molecule has 0 spiro atoms. The molecule has 2 unspecified atom stereocenters. The van der Waals surface area contributed by atoms with E-state index in [2.05, 4.69) is 6.58 Å². The van der Waals surface area contributed by atoms with Crippen molar-refractivity contribution in [1.82, 2.24) is 0 Å². The van der Waals surface area contributed by atoms with E-state index in [4.69, 9.17) is 32.4 Å². The van der Waals surface area contributed by atoms with Gasteiger partial charge in [0.05, 0.1) is 5.92 Å². The molecule has 0 amide bonds. The van der Waals surface area contributed by atoms with E-state index in [1.807, 2.05) is 13.8 Å². The number of benzene rings is 1. The Morgan fingerprint density at radius 3 is 2.59 bits per heavy atom. The van der Waals surface area contributed by atoms with Crippen molar-refractivity contribution in [3.05, 3.63) is 65.1 Å². The van der Waals surface area contributed by atoms with Crippen LogP contribution in [-0.4, -0.2) is 5.97 Å². The fourth-order valence-electron chi connectivity index (χ4n) is 3.27. The van der Waals surface area contributed by atoms with Gasteiger partial charge in [-0.05, 0) is 41.7 Å². The lowest BCUT2D eigenvalue weighted by molar-refractivity contribution is -0.136. The molecule has 1 heterocycles. The zero-order valence-corrected chi connectivity index (χ0v) is 16.5. The summed E-state index contributed by atoms with van der Waals surface area (Å²) in [7, 11) is 0. The Morgan fingerprint density at radius 1 is 1.33 bits per heavy atom. The predicted octanol–water partition coefficient (Wildman–Crippen LogP) is 6.31. The Labute approximate surface area is 167 Å². The maximum absolute atomic E-state index is 13.1. The van der Waals surface area contributed by atoms with E-state index >= 15 is 0 Å². The van der Waals surface area contributed by atoms with Crippen molar-refractivity contribution in [1.29, 1.82) is 0 Å². The number of furan rings is 1. The van der Waals surface area contributed by atoms with E-state index in [9.17, 15) is 9.18 Å². The number of hydrogen-bond donors (Lipinski definition) is 0. The second-order valence-electron chi connectivity index (χ2n) is 7.10. The first-order valence-electron chi connectivity index (χ1n) is 8.48. The second kappa shape index (κ2) is 7.53. The molecule has 1 aromatic carbocycles. The lowest BCUT2D eigenvalue weighted by Gasteiger charge is -2.04. The highest BCUT2D eigenvalue weighted by atomic mass is 35.5. The van der Waals surface area contributed by atoms with Crippen LogP contribution in [0.4, 0.5) is 4.39 Å². The lowest BCUT2D eigenvalue weighted by Crippen LogP contribution is -2.14. The van der Waals surface area contributed by atoms with Crippen LogP contribution in [0.25, 0.3) is 11.3 Å². The molecule has 3 nitrogen and oxygen atoms in total. The standard InChI is InChI=1S/C21H19Cl2FO3/c1-4-5-15-17(11-16(26-15)12-6-8-13(24)9-7-12)27-20(25)19-14(10-18(22)23)21(19,2)3/h4,6-11,14,19H,1,5H2,2-3H3. The predicted molar refractivity (Wildman–Crippen MR) is 104 cm³/mol. The zero-order chi connectivity index (χ0) is 19.8. The Morgan fingerprint density at radius 2 is 2.00 bits per heavy atom. The van der Waals surface area contributed by atoms with Crippen molar-refractivity contribution in [2.45, 2.75) is 20.3 Å². The highest BCUT2D eigenvalue weighted by Gasteiger charge is 2.61. The topological polar surface area (TPSA) is 39.4 Å². The molecule has 0 N–H and O–H groups in total. The van der Waals surface area contributed by atoms with Gasteiger partial charge in [0.2, 0.25) is 0 Å². The normalized spacial score (nSPS) is 20.0. The molecule has 0 aliphatic heterocycles. The minimum absolute atomic E-state index is 0.0821. The first kappa shape index (κ1) is 19.7. The maximum atomic E-state index is 13.1. The van der Waals surface area contributed by atoms with Crippen molar-refractivity contribution in [2.75, 3.05) is 0 Å².